The van der Waals surface area contributed by atoms with E-state index in [0.717, 1.165) is 5.56 Å². The number of ether oxygens (including phenoxy) is 2. The van der Waals surface area contributed by atoms with E-state index in [0.29, 0.717) is 23.7 Å². The molecule has 2 unspecified atom stereocenters. The highest BCUT2D eigenvalue weighted by Gasteiger charge is 2.26. The minimum Gasteiger partial charge on any atom is -0.482 e. The molecular formula is C21H27N3O5. The fraction of sp³-hybridized carbons (Fsp3) is 0.429. The van der Waals surface area contributed by atoms with Crippen LogP contribution in [-0.2, 0) is 16.1 Å². The maximum Gasteiger partial charge on any atom is 0.408 e. The molecule has 0 fully saturated rings. The van der Waals surface area contributed by atoms with Gasteiger partial charge < -0.3 is 29.8 Å². The van der Waals surface area contributed by atoms with Gasteiger partial charge in [0, 0.05) is 12.6 Å². The molecule has 8 heteroatoms. The minimum atomic E-state index is -0.593. The first-order chi connectivity index (χ1) is 13.7. The van der Waals surface area contributed by atoms with Crippen LogP contribution in [0.3, 0.4) is 0 Å². The van der Waals surface area contributed by atoms with Crippen LogP contribution >= 0.6 is 0 Å². The maximum absolute atomic E-state index is 12.3. The van der Waals surface area contributed by atoms with Crippen LogP contribution in [0.5, 0.6) is 5.75 Å². The molecule has 0 radical (unpaired) electrons. The summed E-state index contributed by atoms with van der Waals surface area (Å²) in [6, 6.07) is 8.65. The summed E-state index contributed by atoms with van der Waals surface area (Å²) in [6.45, 7) is 7.95. The van der Waals surface area contributed by atoms with Gasteiger partial charge in [-0.2, -0.15) is 0 Å². The molecule has 3 N–H and O–H groups in total. The predicted octanol–water partition coefficient (Wildman–Crippen LogP) is 3.35. The number of hydrogen-bond donors (Lipinski definition) is 3. The second-order valence-corrected chi connectivity index (χ2v) is 7.98. The predicted molar refractivity (Wildman–Crippen MR) is 108 cm³/mol. The summed E-state index contributed by atoms with van der Waals surface area (Å²) >= 11 is 0. The number of benzene rings is 1. The molecule has 2 heterocycles. The van der Waals surface area contributed by atoms with Crippen molar-refractivity contribution in [2.24, 2.45) is 0 Å². The maximum atomic E-state index is 12.3. The van der Waals surface area contributed by atoms with Gasteiger partial charge in [0.2, 0.25) is 0 Å². The van der Waals surface area contributed by atoms with Crippen molar-refractivity contribution in [3.8, 4) is 5.75 Å². The molecule has 0 aliphatic carbocycles. The fourth-order valence-electron chi connectivity index (χ4n) is 2.98. The van der Waals surface area contributed by atoms with Crippen molar-refractivity contribution in [2.45, 2.75) is 51.9 Å². The van der Waals surface area contributed by atoms with Gasteiger partial charge in [0.15, 0.2) is 6.61 Å². The SMILES string of the molecule is CC(NCc1ccc2c(c1)NC(=O)CO2)C(NC(=O)OC(C)(C)C)c1ccco1. The van der Waals surface area contributed by atoms with Gasteiger partial charge in [-0.1, -0.05) is 6.07 Å². The molecule has 2 aromatic rings. The molecule has 0 bridgehead atoms. The van der Waals surface area contributed by atoms with E-state index in [1.807, 2.05) is 52.0 Å². The van der Waals surface area contributed by atoms with Crippen molar-refractivity contribution in [3.05, 3.63) is 47.9 Å². The van der Waals surface area contributed by atoms with Gasteiger partial charge in [-0.25, -0.2) is 4.79 Å². The lowest BCUT2D eigenvalue weighted by molar-refractivity contribution is -0.118. The molecule has 1 aromatic carbocycles. The molecule has 0 saturated carbocycles. The normalized spacial score (nSPS) is 15.5. The van der Waals surface area contributed by atoms with Crippen LogP contribution in [0.2, 0.25) is 0 Å². The number of hydrogen-bond acceptors (Lipinski definition) is 6. The van der Waals surface area contributed by atoms with Crippen molar-refractivity contribution in [1.82, 2.24) is 10.6 Å². The van der Waals surface area contributed by atoms with E-state index in [1.165, 1.54) is 0 Å². The first kappa shape index (κ1) is 20.7. The van der Waals surface area contributed by atoms with Crippen LogP contribution in [0.15, 0.2) is 41.0 Å². The van der Waals surface area contributed by atoms with E-state index in [4.69, 9.17) is 13.9 Å². The van der Waals surface area contributed by atoms with Gasteiger partial charge in [-0.15, -0.1) is 0 Å². The number of carbonyl (C=O) groups is 2. The van der Waals surface area contributed by atoms with Crippen molar-refractivity contribution in [2.75, 3.05) is 11.9 Å². The zero-order valence-corrected chi connectivity index (χ0v) is 17.1. The van der Waals surface area contributed by atoms with E-state index >= 15 is 0 Å². The number of alkyl carbamates (subject to hydrolysis) is 1. The Bertz CT molecular complexity index is 858. The third-order valence-corrected chi connectivity index (χ3v) is 4.33. The molecule has 1 aliphatic rings. The van der Waals surface area contributed by atoms with Gasteiger partial charge in [0.1, 0.15) is 23.2 Å². The number of fused-ring (bicyclic) bond motifs is 1. The number of amides is 2. The second kappa shape index (κ2) is 8.57. The highest BCUT2D eigenvalue weighted by Crippen LogP contribution is 2.28. The molecule has 156 valence electrons. The Morgan fingerprint density at radius 2 is 2.10 bits per heavy atom. The summed E-state index contributed by atoms with van der Waals surface area (Å²) in [7, 11) is 0. The fourth-order valence-corrected chi connectivity index (χ4v) is 2.98. The van der Waals surface area contributed by atoms with Crippen LogP contribution < -0.4 is 20.7 Å². The first-order valence-corrected chi connectivity index (χ1v) is 9.53. The van der Waals surface area contributed by atoms with Crippen LogP contribution in [-0.4, -0.2) is 30.3 Å². The highest BCUT2D eigenvalue weighted by atomic mass is 16.6. The van der Waals surface area contributed by atoms with Gasteiger partial charge in [0.05, 0.1) is 12.0 Å². The van der Waals surface area contributed by atoms with Gasteiger partial charge >= 0.3 is 6.09 Å². The number of anilines is 1. The lowest BCUT2D eigenvalue weighted by Gasteiger charge is -2.27. The largest absolute Gasteiger partial charge is 0.482 e. The molecule has 2 amide bonds. The summed E-state index contributed by atoms with van der Waals surface area (Å²) in [5, 5.41) is 9.06. The number of carbonyl (C=O) groups excluding carboxylic acids is 2. The topological polar surface area (TPSA) is 102 Å². The average molecular weight is 401 g/mol. The number of furan rings is 1. The van der Waals surface area contributed by atoms with Crippen molar-refractivity contribution in [3.63, 3.8) is 0 Å². The van der Waals surface area contributed by atoms with E-state index in [-0.39, 0.29) is 18.6 Å². The Balaban J connectivity index is 1.66. The van der Waals surface area contributed by atoms with Crippen LogP contribution in [0.25, 0.3) is 0 Å². The molecule has 1 aromatic heterocycles. The van der Waals surface area contributed by atoms with E-state index < -0.39 is 17.7 Å². The van der Waals surface area contributed by atoms with E-state index in [1.54, 1.807) is 12.3 Å². The zero-order valence-electron chi connectivity index (χ0n) is 17.1. The molecule has 0 saturated heterocycles. The Hall–Kier alpha value is -3.00. The smallest absolute Gasteiger partial charge is 0.408 e. The third kappa shape index (κ3) is 5.74. The van der Waals surface area contributed by atoms with E-state index in [2.05, 4.69) is 16.0 Å². The summed E-state index contributed by atoms with van der Waals surface area (Å²) in [5.74, 6) is 1.11. The van der Waals surface area contributed by atoms with Crippen LogP contribution in [0, 0.1) is 0 Å². The van der Waals surface area contributed by atoms with Crippen molar-refractivity contribution in [1.29, 1.82) is 0 Å². The quantitative estimate of drug-likeness (QED) is 0.686. The zero-order chi connectivity index (χ0) is 21.0. The summed E-state index contributed by atoms with van der Waals surface area (Å²) in [4.78, 5) is 23.8. The average Bonchev–Trinajstić information content (AvgIpc) is 3.16. The molecule has 8 nitrogen and oxygen atoms in total. The van der Waals surface area contributed by atoms with Gasteiger partial charge in [-0.3, -0.25) is 4.79 Å². The number of nitrogens with one attached hydrogen (secondary N) is 3. The molecule has 1 aliphatic heterocycles. The molecule has 3 rings (SSSR count). The lowest BCUT2D eigenvalue weighted by atomic mass is 10.1. The molecule has 2 atom stereocenters. The van der Waals surface area contributed by atoms with E-state index in [9.17, 15) is 9.59 Å². The molecule has 29 heavy (non-hydrogen) atoms. The lowest BCUT2D eigenvalue weighted by Crippen LogP contribution is -2.43. The van der Waals surface area contributed by atoms with Crippen molar-refractivity contribution < 1.29 is 23.5 Å². The molecular weight excluding hydrogens is 374 g/mol. The van der Waals surface area contributed by atoms with Crippen LogP contribution in [0.1, 0.15) is 45.1 Å². The Labute approximate surface area is 169 Å². The highest BCUT2D eigenvalue weighted by molar-refractivity contribution is 5.95. The first-order valence-electron chi connectivity index (χ1n) is 9.53. The standard InChI is InChI=1S/C21H27N3O5/c1-13(19(17-6-5-9-27-17)24-20(26)29-21(2,3)4)22-11-14-7-8-16-15(10-14)23-18(25)12-28-16/h5-10,13,19,22H,11-12H2,1-4H3,(H,23,25)(H,24,26). The number of rotatable bonds is 6. The van der Waals surface area contributed by atoms with Crippen LogP contribution in [0.4, 0.5) is 10.5 Å². The second-order valence-electron chi connectivity index (χ2n) is 7.98. The summed E-state index contributed by atoms with van der Waals surface area (Å²) < 4.78 is 16.3. The third-order valence-electron chi connectivity index (χ3n) is 4.33. The Kier molecular flexibility index (Phi) is 6.12. The summed E-state index contributed by atoms with van der Waals surface area (Å²) in [5.41, 5.74) is 1.03. The summed E-state index contributed by atoms with van der Waals surface area (Å²) in [6.07, 6.45) is 1.05. The van der Waals surface area contributed by atoms with Gasteiger partial charge in [-0.05, 0) is 57.5 Å². The van der Waals surface area contributed by atoms with Gasteiger partial charge in [0.25, 0.3) is 5.91 Å². The molecule has 0 spiro atoms. The Morgan fingerprint density at radius 1 is 1.31 bits per heavy atom. The Morgan fingerprint density at radius 3 is 2.79 bits per heavy atom. The monoisotopic (exact) mass is 401 g/mol. The minimum absolute atomic E-state index is 0.0305. The van der Waals surface area contributed by atoms with Crippen molar-refractivity contribution >= 4 is 17.7 Å².